The molecule has 0 spiro atoms. The SMILES string of the molecule is COCC(O)CN(C)S(=O)(=O)c1sc(=O)[nH]c1C. The van der Waals surface area contributed by atoms with Gasteiger partial charge in [-0.3, -0.25) is 4.79 Å². The molecule has 1 aromatic rings. The number of rotatable bonds is 6. The van der Waals surface area contributed by atoms with E-state index in [9.17, 15) is 18.3 Å². The van der Waals surface area contributed by atoms with Crippen LogP contribution >= 0.6 is 11.3 Å². The van der Waals surface area contributed by atoms with Crippen LogP contribution in [0.4, 0.5) is 0 Å². The summed E-state index contributed by atoms with van der Waals surface area (Å²) in [7, 11) is -0.996. The number of methoxy groups -OCH3 is 1. The lowest BCUT2D eigenvalue weighted by Crippen LogP contribution is -2.36. The summed E-state index contributed by atoms with van der Waals surface area (Å²) in [5, 5.41) is 9.51. The summed E-state index contributed by atoms with van der Waals surface area (Å²) in [6.07, 6.45) is -0.911. The number of thiazole rings is 1. The van der Waals surface area contributed by atoms with Gasteiger partial charge >= 0.3 is 4.87 Å². The standard InChI is InChI=1S/C9H16N2O5S2/c1-6-8(17-9(13)10-6)18(14,15)11(2)4-7(12)5-16-3/h7,12H,4-5H2,1-3H3,(H,10,13). The van der Waals surface area contributed by atoms with Crippen LogP contribution in [-0.2, 0) is 14.8 Å². The first-order valence-corrected chi connectivity index (χ1v) is 7.37. The average molecular weight is 296 g/mol. The smallest absolute Gasteiger partial charge is 0.305 e. The topological polar surface area (TPSA) is 99.7 Å². The second kappa shape index (κ2) is 5.93. The maximum Gasteiger partial charge on any atom is 0.305 e. The van der Waals surface area contributed by atoms with E-state index in [2.05, 4.69) is 4.98 Å². The average Bonchev–Trinajstić information content (AvgIpc) is 2.58. The number of hydrogen-bond acceptors (Lipinski definition) is 6. The van der Waals surface area contributed by atoms with Gasteiger partial charge in [-0.2, -0.15) is 4.31 Å². The molecule has 0 fully saturated rings. The van der Waals surface area contributed by atoms with Crippen molar-refractivity contribution in [3.8, 4) is 0 Å². The van der Waals surface area contributed by atoms with Crippen LogP contribution in [0.1, 0.15) is 5.69 Å². The lowest BCUT2D eigenvalue weighted by atomic mass is 10.4. The minimum absolute atomic E-state index is 0.0281. The number of aliphatic hydroxyl groups excluding tert-OH is 1. The Bertz CT molecular complexity index is 548. The van der Waals surface area contributed by atoms with Crippen molar-refractivity contribution in [2.24, 2.45) is 0 Å². The van der Waals surface area contributed by atoms with Gasteiger partial charge in [-0.15, -0.1) is 0 Å². The number of ether oxygens (including phenoxy) is 1. The summed E-state index contributed by atoms with van der Waals surface area (Å²) >= 11 is 0.636. The monoisotopic (exact) mass is 296 g/mol. The predicted molar refractivity (Wildman–Crippen MR) is 67.4 cm³/mol. The Morgan fingerprint density at radius 1 is 1.56 bits per heavy atom. The van der Waals surface area contributed by atoms with E-state index in [0.717, 1.165) is 4.31 Å². The molecule has 1 heterocycles. The molecule has 0 aliphatic carbocycles. The molecule has 1 unspecified atom stereocenters. The molecule has 0 aliphatic rings. The summed E-state index contributed by atoms with van der Waals surface area (Å²) in [5.41, 5.74) is 0.304. The summed E-state index contributed by atoms with van der Waals surface area (Å²) in [6.45, 7) is 1.47. The third-order valence-corrected chi connectivity index (χ3v) is 5.66. The highest BCUT2D eigenvalue weighted by Gasteiger charge is 2.27. The number of nitrogens with zero attached hydrogens (tertiary/aromatic N) is 1. The van der Waals surface area contributed by atoms with E-state index in [1.54, 1.807) is 0 Å². The maximum atomic E-state index is 12.1. The van der Waals surface area contributed by atoms with Gasteiger partial charge < -0.3 is 14.8 Å². The molecule has 104 valence electrons. The molecule has 2 N–H and O–H groups in total. The summed E-state index contributed by atoms with van der Waals surface area (Å²) in [5.74, 6) is 0. The van der Waals surface area contributed by atoms with Gasteiger partial charge in [0.1, 0.15) is 0 Å². The lowest BCUT2D eigenvalue weighted by molar-refractivity contribution is 0.0554. The van der Waals surface area contributed by atoms with E-state index in [1.165, 1.54) is 21.1 Å². The van der Waals surface area contributed by atoms with E-state index in [4.69, 9.17) is 4.74 Å². The van der Waals surface area contributed by atoms with Crippen molar-refractivity contribution in [1.82, 2.24) is 9.29 Å². The maximum absolute atomic E-state index is 12.1. The molecule has 1 aromatic heterocycles. The Hall–Kier alpha value is -0.740. The Morgan fingerprint density at radius 3 is 2.61 bits per heavy atom. The highest BCUT2D eigenvalue weighted by Crippen LogP contribution is 2.20. The number of aryl methyl sites for hydroxylation is 1. The van der Waals surface area contributed by atoms with Gasteiger partial charge in [0.25, 0.3) is 10.0 Å². The van der Waals surface area contributed by atoms with Crippen LogP contribution in [0.2, 0.25) is 0 Å². The van der Waals surface area contributed by atoms with Crippen molar-refractivity contribution in [3.05, 3.63) is 15.4 Å². The Kier molecular flexibility index (Phi) is 5.05. The van der Waals surface area contributed by atoms with Crippen LogP contribution in [0.3, 0.4) is 0 Å². The Labute approximate surface area is 109 Å². The van der Waals surface area contributed by atoms with Gasteiger partial charge in [-0.25, -0.2) is 8.42 Å². The number of sulfonamides is 1. The number of likely N-dealkylation sites (N-methyl/N-ethyl adjacent to an activating group) is 1. The molecular formula is C9H16N2O5S2. The van der Waals surface area contributed by atoms with Crippen molar-refractivity contribution in [2.75, 3.05) is 27.3 Å². The first-order chi connectivity index (χ1) is 8.28. The lowest BCUT2D eigenvalue weighted by Gasteiger charge is -2.19. The van der Waals surface area contributed by atoms with E-state index in [1.807, 2.05) is 0 Å². The number of H-pyrrole nitrogens is 1. The molecule has 0 aliphatic heterocycles. The zero-order chi connectivity index (χ0) is 13.9. The molecule has 1 atom stereocenters. The number of nitrogens with one attached hydrogen (secondary N) is 1. The van der Waals surface area contributed by atoms with Gasteiger partial charge in [0, 0.05) is 26.4 Å². The number of hydrogen-bond donors (Lipinski definition) is 2. The predicted octanol–water partition coefficient (Wildman–Crippen LogP) is -0.627. The highest BCUT2D eigenvalue weighted by molar-refractivity contribution is 7.91. The number of aliphatic hydroxyl groups is 1. The first kappa shape index (κ1) is 15.3. The molecule has 0 saturated carbocycles. The van der Waals surface area contributed by atoms with Gasteiger partial charge in [0.2, 0.25) is 0 Å². The molecule has 18 heavy (non-hydrogen) atoms. The molecule has 0 radical (unpaired) electrons. The highest BCUT2D eigenvalue weighted by atomic mass is 32.2. The molecule has 1 rings (SSSR count). The van der Waals surface area contributed by atoms with Crippen LogP contribution in [-0.4, -0.2) is 56.2 Å². The van der Waals surface area contributed by atoms with Crippen LogP contribution in [0.15, 0.2) is 9.00 Å². The van der Waals surface area contributed by atoms with Gasteiger partial charge in [-0.05, 0) is 6.92 Å². The van der Waals surface area contributed by atoms with Crippen molar-refractivity contribution < 1.29 is 18.3 Å². The van der Waals surface area contributed by atoms with Crippen molar-refractivity contribution >= 4 is 21.4 Å². The normalized spacial score (nSPS) is 14.1. The molecule has 0 saturated heterocycles. The Balaban J connectivity index is 2.93. The third-order valence-electron chi connectivity index (χ3n) is 2.25. The molecule has 0 bridgehead atoms. The van der Waals surface area contributed by atoms with E-state index in [-0.39, 0.29) is 17.4 Å². The minimum Gasteiger partial charge on any atom is -0.389 e. The van der Waals surface area contributed by atoms with E-state index >= 15 is 0 Å². The fraction of sp³-hybridized carbons (Fsp3) is 0.667. The fourth-order valence-electron chi connectivity index (χ4n) is 1.42. The molecule has 9 heteroatoms. The summed E-state index contributed by atoms with van der Waals surface area (Å²) < 4.78 is 30.0. The quantitative estimate of drug-likeness (QED) is 0.728. The van der Waals surface area contributed by atoms with Gasteiger partial charge in [-0.1, -0.05) is 11.3 Å². The van der Waals surface area contributed by atoms with Crippen LogP contribution in [0.25, 0.3) is 0 Å². The Morgan fingerprint density at radius 2 is 2.17 bits per heavy atom. The van der Waals surface area contributed by atoms with Crippen LogP contribution in [0, 0.1) is 6.92 Å². The first-order valence-electron chi connectivity index (χ1n) is 5.12. The molecular weight excluding hydrogens is 280 g/mol. The number of aromatic amines is 1. The third kappa shape index (κ3) is 3.39. The van der Waals surface area contributed by atoms with Crippen LogP contribution < -0.4 is 4.87 Å². The summed E-state index contributed by atoms with van der Waals surface area (Å²) in [6, 6.07) is 0. The second-order valence-corrected chi connectivity index (χ2v) is 7.04. The minimum atomic E-state index is -3.76. The summed E-state index contributed by atoms with van der Waals surface area (Å²) in [4.78, 5) is 13.1. The number of aromatic nitrogens is 1. The van der Waals surface area contributed by atoms with Crippen molar-refractivity contribution in [2.45, 2.75) is 17.2 Å². The largest absolute Gasteiger partial charge is 0.389 e. The fourth-order valence-corrected chi connectivity index (χ4v) is 4.11. The second-order valence-electron chi connectivity index (χ2n) is 3.82. The van der Waals surface area contributed by atoms with Crippen molar-refractivity contribution in [3.63, 3.8) is 0 Å². The van der Waals surface area contributed by atoms with E-state index in [0.29, 0.717) is 17.0 Å². The van der Waals surface area contributed by atoms with Crippen molar-refractivity contribution in [1.29, 1.82) is 0 Å². The van der Waals surface area contributed by atoms with Gasteiger partial charge in [0.05, 0.1) is 12.7 Å². The van der Waals surface area contributed by atoms with Gasteiger partial charge in [0.15, 0.2) is 4.21 Å². The zero-order valence-corrected chi connectivity index (χ0v) is 12.0. The van der Waals surface area contributed by atoms with Crippen LogP contribution in [0.5, 0.6) is 0 Å². The molecule has 0 aromatic carbocycles. The zero-order valence-electron chi connectivity index (χ0n) is 10.3. The van der Waals surface area contributed by atoms with E-state index < -0.39 is 21.0 Å². The molecule has 7 nitrogen and oxygen atoms in total. The molecule has 0 amide bonds.